The van der Waals surface area contributed by atoms with Gasteiger partial charge in [-0.15, -0.1) is 0 Å². The fourth-order valence-electron chi connectivity index (χ4n) is 1.93. The number of carbonyl (C=O) groups excluding carboxylic acids is 1. The van der Waals surface area contributed by atoms with E-state index in [2.05, 4.69) is 5.32 Å². The number of hydrogen-bond acceptors (Lipinski definition) is 5. The summed E-state index contributed by atoms with van der Waals surface area (Å²) < 4.78 is 5.09. The van der Waals surface area contributed by atoms with E-state index in [1.807, 2.05) is 0 Å². The third-order valence-electron chi connectivity index (χ3n) is 3.00. The van der Waals surface area contributed by atoms with Gasteiger partial charge < -0.3 is 15.2 Å². The van der Waals surface area contributed by atoms with Crippen molar-refractivity contribution in [1.82, 2.24) is 5.32 Å². The smallest absolute Gasteiger partial charge is 0.407 e. The molecule has 0 spiro atoms. The zero-order valence-corrected chi connectivity index (χ0v) is 13.6. The number of alkyl carbamates (subject to hydrolysis) is 1. The molecule has 0 aliphatic carbocycles. The fourth-order valence-corrected chi connectivity index (χ4v) is 1.93. The van der Waals surface area contributed by atoms with Crippen LogP contribution in [0.2, 0.25) is 0 Å². The average Bonchev–Trinajstić information content (AvgIpc) is 2.30. The van der Waals surface area contributed by atoms with Gasteiger partial charge in [-0.05, 0) is 39.5 Å². The summed E-state index contributed by atoms with van der Waals surface area (Å²) in [5.74, 6) is -0.147. The number of nitrogens with one attached hydrogen (secondary N) is 1. The lowest BCUT2D eigenvalue weighted by Gasteiger charge is -2.22. The largest absolute Gasteiger partial charge is 0.444 e. The molecule has 0 aromatic carbocycles. The minimum atomic E-state index is -1.05. The molecule has 7 heteroatoms. The molecule has 0 aliphatic rings. The molecule has 1 amide bonds. The van der Waals surface area contributed by atoms with Crippen LogP contribution in [0.3, 0.4) is 0 Å². The van der Waals surface area contributed by atoms with Crippen LogP contribution in [0.1, 0.15) is 53.9 Å². The number of ether oxygens (including phenoxy) is 1. The topological polar surface area (TPSA) is 102 Å². The van der Waals surface area contributed by atoms with Gasteiger partial charge in [0, 0.05) is 38.3 Å². The first kappa shape index (κ1) is 19.6. The first-order chi connectivity index (χ1) is 9.48. The summed E-state index contributed by atoms with van der Waals surface area (Å²) in [6, 6.07) is 0. The van der Waals surface area contributed by atoms with Crippen molar-refractivity contribution in [1.29, 1.82) is 0 Å². The van der Waals surface area contributed by atoms with Crippen molar-refractivity contribution in [2.24, 2.45) is 5.92 Å². The zero-order valence-electron chi connectivity index (χ0n) is 13.6. The molecule has 7 nitrogen and oxygen atoms in total. The van der Waals surface area contributed by atoms with Crippen LogP contribution in [0.5, 0.6) is 0 Å². The van der Waals surface area contributed by atoms with Gasteiger partial charge in [-0.1, -0.05) is 0 Å². The van der Waals surface area contributed by atoms with E-state index in [1.165, 1.54) is 0 Å². The van der Waals surface area contributed by atoms with Crippen LogP contribution in [-0.4, -0.2) is 40.4 Å². The van der Waals surface area contributed by atoms with Crippen molar-refractivity contribution in [2.45, 2.75) is 65.0 Å². The number of hydrogen-bond donors (Lipinski definition) is 2. The van der Waals surface area contributed by atoms with E-state index in [-0.39, 0.29) is 17.4 Å². The van der Waals surface area contributed by atoms with Crippen LogP contribution in [0.15, 0.2) is 0 Å². The molecule has 0 radical (unpaired) electrons. The second kappa shape index (κ2) is 8.17. The molecule has 1 atom stereocenters. The van der Waals surface area contributed by atoms with E-state index in [9.17, 15) is 20.0 Å². The highest BCUT2D eigenvalue weighted by Crippen LogP contribution is 2.22. The Morgan fingerprint density at radius 2 is 1.90 bits per heavy atom. The van der Waals surface area contributed by atoms with Gasteiger partial charge in [-0.2, -0.15) is 0 Å². The summed E-state index contributed by atoms with van der Waals surface area (Å²) in [7, 11) is 0. The molecule has 124 valence electrons. The number of amides is 1. The number of rotatable bonds is 8. The van der Waals surface area contributed by atoms with E-state index in [0.717, 1.165) is 0 Å². The normalized spacial score (nSPS) is 13.6. The Morgan fingerprint density at radius 3 is 2.33 bits per heavy atom. The van der Waals surface area contributed by atoms with Crippen molar-refractivity contribution in [3.8, 4) is 0 Å². The lowest BCUT2D eigenvalue weighted by molar-refractivity contribution is -0.563. The van der Waals surface area contributed by atoms with Crippen molar-refractivity contribution < 1.29 is 19.6 Å². The highest BCUT2D eigenvalue weighted by Gasteiger charge is 2.33. The second-order valence-electron chi connectivity index (χ2n) is 6.89. The summed E-state index contributed by atoms with van der Waals surface area (Å²) in [6.45, 7) is 8.79. The van der Waals surface area contributed by atoms with Gasteiger partial charge in [-0.25, -0.2) is 4.79 Å². The van der Waals surface area contributed by atoms with Gasteiger partial charge in [0.15, 0.2) is 0 Å². The molecule has 0 bridgehead atoms. The number of nitro groups is 1. The Labute approximate surface area is 126 Å². The molecule has 0 aromatic heterocycles. The van der Waals surface area contributed by atoms with E-state index >= 15 is 0 Å². The monoisotopic (exact) mass is 304 g/mol. The molecule has 0 saturated heterocycles. The predicted octanol–water partition coefficient (Wildman–Crippen LogP) is 2.35. The van der Waals surface area contributed by atoms with E-state index in [1.54, 1.807) is 34.6 Å². The maximum absolute atomic E-state index is 11.4. The van der Waals surface area contributed by atoms with E-state index < -0.39 is 17.2 Å². The molecular formula is C14H28N2O5. The number of aliphatic hydroxyl groups is 1. The maximum atomic E-state index is 11.4. The van der Waals surface area contributed by atoms with Gasteiger partial charge in [0.2, 0.25) is 5.54 Å². The van der Waals surface area contributed by atoms with E-state index in [0.29, 0.717) is 25.8 Å². The second-order valence-corrected chi connectivity index (χ2v) is 6.89. The van der Waals surface area contributed by atoms with Crippen LogP contribution < -0.4 is 5.32 Å². The van der Waals surface area contributed by atoms with Gasteiger partial charge in [-0.3, -0.25) is 10.1 Å². The van der Waals surface area contributed by atoms with Crippen LogP contribution in [0.4, 0.5) is 4.79 Å². The molecule has 0 rings (SSSR count). The quantitative estimate of drug-likeness (QED) is 0.407. The molecule has 0 heterocycles. The minimum Gasteiger partial charge on any atom is -0.444 e. The molecule has 21 heavy (non-hydrogen) atoms. The molecular weight excluding hydrogens is 276 g/mol. The van der Waals surface area contributed by atoms with Crippen LogP contribution >= 0.6 is 0 Å². The minimum absolute atomic E-state index is 0.0935. The lowest BCUT2D eigenvalue weighted by atomic mass is 9.88. The molecule has 2 N–H and O–H groups in total. The molecule has 0 aromatic rings. The van der Waals surface area contributed by atoms with Gasteiger partial charge in [0.05, 0.1) is 0 Å². The van der Waals surface area contributed by atoms with Crippen LogP contribution in [0.25, 0.3) is 0 Å². The zero-order chi connectivity index (χ0) is 16.7. The lowest BCUT2D eigenvalue weighted by Crippen LogP contribution is -2.35. The summed E-state index contributed by atoms with van der Waals surface area (Å²) in [4.78, 5) is 22.0. The Bertz CT molecular complexity index is 350. The van der Waals surface area contributed by atoms with Gasteiger partial charge >= 0.3 is 6.09 Å². The van der Waals surface area contributed by atoms with Crippen molar-refractivity contribution in [3.63, 3.8) is 0 Å². The number of nitrogens with zero attached hydrogens (tertiary/aromatic N) is 1. The summed E-state index contributed by atoms with van der Waals surface area (Å²) in [6.07, 6.45) is 1.08. The Balaban J connectivity index is 4.04. The van der Waals surface area contributed by atoms with Crippen molar-refractivity contribution in [3.05, 3.63) is 10.1 Å². The molecule has 0 fully saturated rings. The predicted molar refractivity (Wildman–Crippen MR) is 79.7 cm³/mol. The van der Waals surface area contributed by atoms with Gasteiger partial charge in [0.1, 0.15) is 5.60 Å². The standard InChI is InChI=1S/C14H28N2O5/c1-13(2,3)21-12(18)15-8-6-7-11(10-17)9-14(4,5)16(19)20/h11,17H,6-10H2,1-5H3,(H,15,18). The Morgan fingerprint density at radius 1 is 1.33 bits per heavy atom. The highest BCUT2D eigenvalue weighted by molar-refractivity contribution is 5.67. The summed E-state index contributed by atoms with van der Waals surface area (Å²) >= 11 is 0. The van der Waals surface area contributed by atoms with E-state index in [4.69, 9.17) is 4.74 Å². The Kier molecular flexibility index (Phi) is 7.63. The molecule has 0 saturated carbocycles. The summed E-state index contributed by atoms with van der Waals surface area (Å²) in [5.41, 5.74) is -1.58. The first-order valence-electron chi connectivity index (χ1n) is 7.20. The third-order valence-corrected chi connectivity index (χ3v) is 3.00. The average molecular weight is 304 g/mol. The highest BCUT2D eigenvalue weighted by atomic mass is 16.6. The number of aliphatic hydroxyl groups excluding tert-OH is 1. The SMILES string of the molecule is CC(C)(C)OC(=O)NCCCC(CO)CC(C)(C)[N+](=O)[O-]. The molecule has 0 aliphatic heterocycles. The van der Waals surface area contributed by atoms with Crippen molar-refractivity contribution in [2.75, 3.05) is 13.2 Å². The van der Waals surface area contributed by atoms with Gasteiger partial charge in [0.25, 0.3) is 0 Å². The van der Waals surface area contributed by atoms with Crippen LogP contribution in [0, 0.1) is 16.0 Å². The van der Waals surface area contributed by atoms with Crippen LogP contribution in [-0.2, 0) is 4.74 Å². The number of carbonyl (C=O) groups is 1. The van der Waals surface area contributed by atoms with Crippen molar-refractivity contribution >= 4 is 6.09 Å². The fraction of sp³-hybridized carbons (Fsp3) is 0.929. The first-order valence-corrected chi connectivity index (χ1v) is 7.20. The third kappa shape index (κ3) is 9.23. The summed E-state index contributed by atoms with van der Waals surface area (Å²) in [5, 5.41) is 22.8. The molecule has 1 unspecified atom stereocenters. The maximum Gasteiger partial charge on any atom is 0.407 e. The Hall–Kier alpha value is -1.37.